The average molecular weight is 228 g/mol. The summed E-state index contributed by atoms with van der Waals surface area (Å²) in [5, 5.41) is 19.9. The van der Waals surface area contributed by atoms with Gasteiger partial charge in [0.25, 0.3) is 0 Å². The Hall–Kier alpha value is -0.0800. The van der Waals surface area contributed by atoms with Crippen LogP contribution in [0.25, 0.3) is 0 Å². The number of hydrogen-bond donors (Lipinski definition) is 2. The molecule has 0 aromatic heterocycles. The number of hydrogen-bond acceptors (Lipinski definition) is 2. The second kappa shape index (κ2) is 5.05. The summed E-state index contributed by atoms with van der Waals surface area (Å²) < 4.78 is 0. The first-order chi connectivity index (χ1) is 7.18. The molecule has 16 heavy (non-hydrogen) atoms. The van der Waals surface area contributed by atoms with Crippen molar-refractivity contribution in [3.8, 4) is 0 Å². The molecule has 2 atom stereocenters. The zero-order valence-electron chi connectivity index (χ0n) is 11.3. The topological polar surface area (TPSA) is 40.5 Å². The largest absolute Gasteiger partial charge is 0.390 e. The fourth-order valence-electron chi connectivity index (χ4n) is 3.00. The van der Waals surface area contributed by atoms with Gasteiger partial charge in [-0.1, -0.05) is 12.8 Å². The van der Waals surface area contributed by atoms with Gasteiger partial charge in [-0.25, -0.2) is 0 Å². The molecule has 0 heterocycles. The van der Waals surface area contributed by atoms with Crippen LogP contribution in [0.5, 0.6) is 0 Å². The molecular formula is C14H28O2. The molecule has 96 valence electrons. The Morgan fingerprint density at radius 3 is 2.06 bits per heavy atom. The van der Waals surface area contributed by atoms with E-state index in [1.54, 1.807) is 0 Å². The minimum atomic E-state index is -0.542. The van der Waals surface area contributed by atoms with Crippen LogP contribution in [0.15, 0.2) is 0 Å². The van der Waals surface area contributed by atoms with E-state index < -0.39 is 11.2 Å². The van der Waals surface area contributed by atoms with Crippen LogP contribution < -0.4 is 0 Å². The molecule has 0 aromatic carbocycles. The smallest absolute Gasteiger partial charge is 0.0619 e. The Bertz CT molecular complexity index is 210. The van der Waals surface area contributed by atoms with E-state index in [9.17, 15) is 10.2 Å². The van der Waals surface area contributed by atoms with E-state index in [2.05, 4.69) is 0 Å². The summed E-state index contributed by atoms with van der Waals surface area (Å²) in [7, 11) is 0. The Morgan fingerprint density at radius 2 is 1.56 bits per heavy atom. The summed E-state index contributed by atoms with van der Waals surface area (Å²) in [6.07, 6.45) is 6.67. The molecule has 1 fully saturated rings. The molecule has 0 amide bonds. The van der Waals surface area contributed by atoms with E-state index in [0.29, 0.717) is 11.8 Å². The van der Waals surface area contributed by atoms with Crippen LogP contribution in [0.3, 0.4) is 0 Å². The SMILES string of the molecule is CC(C)(O)CC1CCCC(C(C)(C)O)CC1. The Kier molecular flexibility index (Phi) is 4.42. The standard InChI is InChI=1S/C14H28O2/c1-13(2,15)10-11-6-5-7-12(9-8-11)14(3,4)16/h11-12,15-16H,5-10H2,1-4H3. The van der Waals surface area contributed by atoms with E-state index in [4.69, 9.17) is 0 Å². The van der Waals surface area contributed by atoms with Crippen LogP contribution in [0.4, 0.5) is 0 Å². The Morgan fingerprint density at radius 1 is 0.938 bits per heavy atom. The monoisotopic (exact) mass is 228 g/mol. The number of aliphatic hydroxyl groups is 2. The van der Waals surface area contributed by atoms with Gasteiger partial charge < -0.3 is 10.2 Å². The zero-order valence-corrected chi connectivity index (χ0v) is 11.3. The van der Waals surface area contributed by atoms with Crippen LogP contribution in [-0.4, -0.2) is 21.4 Å². The number of rotatable bonds is 3. The van der Waals surface area contributed by atoms with Crippen LogP contribution >= 0.6 is 0 Å². The molecule has 2 N–H and O–H groups in total. The molecule has 1 aliphatic rings. The van der Waals surface area contributed by atoms with Crippen LogP contribution in [-0.2, 0) is 0 Å². The van der Waals surface area contributed by atoms with Gasteiger partial charge in [0.2, 0.25) is 0 Å². The van der Waals surface area contributed by atoms with Crippen LogP contribution in [0, 0.1) is 11.8 Å². The summed E-state index contributed by atoms with van der Waals surface area (Å²) >= 11 is 0. The predicted octanol–water partition coefficient (Wildman–Crippen LogP) is 3.11. The molecule has 1 saturated carbocycles. The van der Waals surface area contributed by atoms with Crippen molar-refractivity contribution in [3.63, 3.8) is 0 Å². The van der Waals surface area contributed by atoms with Crippen molar-refractivity contribution < 1.29 is 10.2 Å². The first-order valence-electron chi connectivity index (χ1n) is 6.63. The van der Waals surface area contributed by atoms with Crippen molar-refractivity contribution in [2.24, 2.45) is 11.8 Å². The molecule has 2 nitrogen and oxygen atoms in total. The second-order valence-corrected chi connectivity index (χ2v) is 6.74. The zero-order chi connectivity index (χ0) is 12.4. The fourth-order valence-corrected chi connectivity index (χ4v) is 3.00. The van der Waals surface area contributed by atoms with Gasteiger partial charge in [0, 0.05) is 0 Å². The first-order valence-corrected chi connectivity index (χ1v) is 6.63. The van der Waals surface area contributed by atoms with Crippen molar-refractivity contribution in [3.05, 3.63) is 0 Å². The van der Waals surface area contributed by atoms with Gasteiger partial charge in [0.1, 0.15) is 0 Å². The minimum absolute atomic E-state index is 0.430. The average Bonchev–Trinajstić information content (AvgIpc) is 2.25. The third-order valence-electron chi connectivity index (χ3n) is 3.88. The van der Waals surface area contributed by atoms with Crippen LogP contribution in [0.2, 0.25) is 0 Å². The summed E-state index contributed by atoms with van der Waals surface area (Å²) in [4.78, 5) is 0. The van der Waals surface area contributed by atoms with Crippen molar-refractivity contribution in [2.45, 2.75) is 77.4 Å². The molecule has 2 heteroatoms. The van der Waals surface area contributed by atoms with Crippen molar-refractivity contribution in [1.29, 1.82) is 0 Å². The molecule has 0 saturated heterocycles. The lowest BCUT2D eigenvalue weighted by Crippen LogP contribution is -2.30. The van der Waals surface area contributed by atoms with Crippen molar-refractivity contribution in [1.82, 2.24) is 0 Å². The Balaban J connectivity index is 2.47. The molecule has 1 rings (SSSR count). The maximum absolute atomic E-state index is 10.0. The predicted molar refractivity (Wildman–Crippen MR) is 67.3 cm³/mol. The summed E-state index contributed by atoms with van der Waals surface area (Å²) in [6.45, 7) is 7.64. The first kappa shape index (κ1) is 14.0. The fraction of sp³-hybridized carbons (Fsp3) is 1.00. The van der Waals surface area contributed by atoms with E-state index in [1.807, 2.05) is 27.7 Å². The van der Waals surface area contributed by atoms with Crippen LogP contribution in [0.1, 0.15) is 66.2 Å². The minimum Gasteiger partial charge on any atom is -0.390 e. The molecule has 1 aliphatic carbocycles. The third-order valence-corrected chi connectivity index (χ3v) is 3.88. The van der Waals surface area contributed by atoms with E-state index >= 15 is 0 Å². The highest BCUT2D eigenvalue weighted by atomic mass is 16.3. The van der Waals surface area contributed by atoms with E-state index in [-0.39, 0.29) is 0 Å². The molecule has 0 spiro atoms. The maximum atomic E-state index is 10.0. The molecule has 0 bridgehead atoms. The molecular weight excluding hydrogens is 200 g/mol. The summed E-state index contributed by atoms with van der Waals surface area (Å²) in [6, 6.07) is 0. The normalized spacial score (nSPS) is 28.9. The highest BCUT2D eigenvalue weighted by Gasteiger charge is 2.30. The second-order valence-electron chi connectivity index (χ2n) is 6.74. The van der Waals surface area contributed by atoms with Crippen molar-refractivity contribution >= 4 is 0 Å². The van der Waals surface area contributed by atoms with Crippen molar-refractivity contribution in [2.75, 3.05) is 0 Å². The molecule has 0 aliphatic heterocycles. The van der Waals surface area contributed by atoms with Gasteiger partial charge >= 0.3 is 0 Å². The lowest BCUT2D eigenvalue weighted by Gasteiger charge is -2.28. The van der Waals surface area contributed by atoms with Gasteiger partial charge in [-0.2, -0.15) is 0 Å². The quantitative estimate of drug-likeness (QED) is 0.729. The lowest BCUT2D eigenvalue weighted by molar-refractivity contribution is 0.00893. The molecule has 0 radical (unpaired) electrons. The van der Waals surface area contributed by atoms with Gasteiger partial charge in [0.05, 0.1) is 11.2 Å². The van der Waals surface area contributed by atoms with E-state index in [1.165, 1.54) is 12.8 Å². The van der Waals surface area contributed by atoms with Gasteiger partial charge in [-0.15, -0.1) is 0 Å². The summed E-state index contributed by atoms with van der Waals surface area (Å²) in [5.74, 6) is 1.06. The van der Waals surface area contributed by atoms with Gasteiger partial charge in [0.15, 0.2) is 0 Å². The maximum Gasteiger partial charge on any atom is 0.0619 e. The van der Waals surface area contributed by atoms with E-state index in [0.717, 1.165) is 25.7 Å². The highest BCUT2D eigenvalue weighted by molar-refractivity contribution is 4.82. The highest BCUT2D eigenvalue weighted by Crippen LogP contribution is 2.36. The summed E-state index contributed by atoms with van der Waals surface area (Å²) in [5.41, 5.74) is -1.08. The lowest BCUT2D eigenvalue weighted by atomic mass is 9.84. The Labute approximate surface area is 100 Å². The third kappa shape index (κ3) is 4.84. The molecule has 2 unspecified atom stereocenters. The van der Waals surface area contributed by atoms with Gasteiger partial charge in [-0.3, -0.25) is 0 Å². The van der Waals surface area contributed by atoms with Gasteiger partial charge in [-0.05, 0) is 65.2 Å². The molecule has 0 aromatic rings.